The monoisotopic (exact) mass is 440 g/mol. The van der Waals surface area contributed by atoms with Gasteiger partial charge in [0.1, 0.15) is 19.0 Å². The molecule has 0 aliphatic carbocycles. The minimum absolute atomic E-state index is 0.0301. The molecule has 2 aliphatic rings. The van der Waals surface area contributed by atoms with Gasteiger partial charge in [-0.1, -0.05) is 12.1 Å². The molecule has 170 valence electrons. The Hall–Kier alpha value is -3.27. The number of ether oxygens (including phenoxy) is 3. The van der Waals surface area contributed by atoms with E-state index in [2.05, 4.69) is 10.2 Å². The van der Waals surface area contributed by atoms with E-state index in [1.54, 1.807) is 4.57 Å². The minimum Gasteiger partial charge on any atom is -0.486 e. The summed E-state index contributed by atoms with van der Waals surface area (Å²) in [5.41, 5.74) is 9.64. The lowest BCUT2D eigenvalue weighted by atomic mass is 9.97. The molecule has 0 bridgehead atoms. The fourth-order valence-corrected chi connectivity index (χ4v) is 3.98. The summed E-state index contributed by atoms with van der Waals surface area (Å²) in [4.78, 5) is 16.6. The Morgan fingerprint density at radius 1 is 1.38 bits per heavy atom. The summed E-state index contributed by atoms with van der Waals surface area (Å²) in [6.07, 6.45) is 3.51. The molecule has 1 saturated heterocycles. The molecule has 32 heavy (non-hydrogen) atoms. The first-order chi connectivity index (χ1) is 15.6. The smallest absolute Gasteiger partial charge is 0.351 e. The molecule has 0 radical (unpaired) electrons. The highest BCUT2D eigenvalue weighted by atomic mass is 16.5. The first kappa shape index (κ1) is 21.9. The van der Waals surface area contributed by atoms with Crippen molar-refractivity contribution in [2.45, 2.75) is 45.3 Å². The lowest BCUT2D eigenvalue weighted by molar-refractivity contribution is 0.0661. The number of rotatable bonds is 9. The van der Waals surface area contributed by atoms with Gasteiger partial charge in [0.05, 0.1) is 11.8 Å². The lowest BCUT2D eigenvalue weighted by Gasteiger charge is -2.23. The first-order valence-corrected chi connectivity index (χ1v) is 10.9. The van der Waals surface area contributed by atoms with Crippen molar-refractivity contribution >= 4 is 5.84 Å². The third-order valence-electron chi connectivity index (χ3n) is 5.63. The van der Waals surface area contributed by atoms with Gasteiger partial charge in [-0.05, 0) is 49.4 Å². The summed E-state index contributed by atoms with van der Waals surface area (Å²) in [5.74, 6) is 1.08. The fourth-order valence-electron chi connectivity index (χ4n) is 3.98. The highest BCUT2D eigenvalue weighted by Gasteiger charge is 2.21. The molecular weight excluding hydrogens is 412 g/mol. The first-order valence-electron chi connectivity index (χ1n) is 10.9. The number of fused-ring (bicyclic) bond motifs is 3. The Morgan fingerprint density at radius 2 is 2.25 bits per heavy atom. The predicted molar refractivity (Wildman–Crippen MR) is 117 cm³/mol. The fraction of sp³-hybridized carbons (Fsp3) is 0.500. The highest BCUT2D eigenvalue weighted by molar-refractivity contribution is 5.80. The Bertz CT molecular complexity index is 1050. The van der Waals surface area contributed by atoms with Crippen molar-refractivity contribution < 1.29 is 14.2 Å². The van der Waals surface area contributed by atoms with Gasteiger partial charge in [-0.25, -0.2) is 9.80 Å². The third kappa shape index (κ3) is 4.80. The molecule has 2 aromatic rings. The Labute approximate surface area is 186 Å². The van der Waals surface area contributed by atoms with Crippen LogP contribution in [-0.2, 0) is 17.7 Å². The second-order valence-electron chi connectivity index (χ2n) is 7.89. The van der Waals surface area contributed by atoms with E-state index in [9.17, 15) is 4.79 Å². The number of hydrogen-bond acceptors (Lipinski definition) is 8. The van der Waals surface area contributed by atoms with Crippen LogP contribution >= 0.6 is 0 Å². The van der Waals surface area contributed by atoms with Gasteiger partial charge in [0, 0.05) is 31.3 Å². The van der Waals surface area contributed by atoms with Crippen molar-refractivity contribution in [2.24, 2.45) is 5.22 Å². The van der Waals surface area contributed by atoms with E-state index in [1.165, 1.54) is 5.01 Å². The van der Waals surface area contributed by atoms with Gasteiger partial charge < -0.3 is 14.2 Å². The van der Waals surface area contributed by atoms with Crippen LogP contribution in [-0.4, -0.2) is 52.9 Å². The summed E-state index contributed by atoms with van der Waals surface area (Å²) in [7, 11) is 0. The van der Waals surface area contributed by atoms with Crippen molar-refractivity contribution in [3.05, 3.63) is 40.3 Å². The Kier molecular flexibility index (Phi) is 6.79. The second kappa shape index (κ2) is 9.90. The van der Waals surface area contributed by atoms with Crippen LogP contribution in [0.15, 0.2) is 34.3 Å². The van der Waals surface area contributed by atoms with Crippen molar-refractivity contribution in [1.82, 2.24) is 14.6 Å². The van der Waals surface area contributed by atoms with Crippen molar-refractivity contribution in [1.29, 1.82) is 10.9 Å². The number of aryl methyl sites for hydroxylation is 1. The second-order valence-corrected chi connectivity index (χ2v) is 7.89. The molecule has 2 N–H and O–H groups in total. The molecule has 3 heterocycles. The molecule has 1 aromatic carbocycles. The van der Waals surface area contributed by atoms with Crippen LogP contribution in [0.3, 0.4) is 0 Å². The number of nitrogens with one attached hydrogen (secondary N) is 2. The average Bonchev–Trinajstić information content (AvgIpc) is 3.33. The van der Waals surface area contributed by atoms with Gasteiger partial charge in [0.25, 0.3) is 0 Å². The maximum absolute atomic E-state index is 12.5. The van der Waals surface area contributed by atoms with E-state index in [4.69, 9.17) is 25.2 Å². The molecule has 2 aliphatic heterocycles. The predicted octanol–water partition coefficient (Wildman–Crippen LogP) is 3.04. The zero-order valence-electron chi connectivity index (χ0n) is 18.2. The standard InChI is InChI=1S/C22H28N6O4/c1-2-8-28(26-24)20(23)14-31-16-5-6-18-15(11-16)7-9-27-19(18)12-21(25-22(27)29)32-13-17-4-3-10-30-17/h5-6,11-12,17,23-24H,2-4,7-10,13-14H2,1H3. The van der Waals surface area contributed by atoms with Crippen LogP contribution in [0.1, 0.15) is 31.7 Å². The Morgan fingerprint density at radius 3 is 3.00 bits per heavy atom. The molecule has 1 unspecified atom stereocenters. The van der Waals surface area contributed by atoms with Crippen LogP contribution in [0.25, 0.3) is 11.3 Å². The number of amidine groups is 1. The van der Waals surface area contributed by atoms with Gasteiger partial charge >= 0.3 is 5.69 Å². The van der Waals surface area contributed by atoms with Gasteiger partial charge in [0.2, 0.25) is 5.88 Å². The van der Waals surface area contributed by atoms with E-state index >= 15 is 0 Å². The molecule has 0 amide bonds. The lowest BCUT2D eigenvalue weighted by Crippen LogP contribution is -2.30. The topological polar surface area (TPSA) is 126 Å². The molecule has 4 rings (SSSR count). The largest absolute Gasteiger partial charge is 0.486 e. The van der Waals surface area contributed by atoms with Gasteiger partial charge in [0.15, 0.2) is 5.84 Å². The average molecular weight is 441 g/mol. The van der Waals surface area contributed by atoms with Gasteiger partial charge in [-0.2, -0.15) is 10.5 Å². The van der Waals surface area contributed by atoms with Crippen molar-refractivity contribution in [3.8, 4) is 22.9 Å². The summed E-state index contributed by atoms with van der Waals surface area (Å²) in [5, 5.41) is 12.7. The number of aromatic nitrogens is 2. The Balaban J connectivity index is 1.49. The normalized spacial score (nSPS) is 16.7. The molecule has 0 saturated carbocycles. The summed E-state index contributed by atoms with van der Waals surface area (Å²) < 4.78 is 18.8. The molecule has 1 atom stereocenters. The van der Waals surface area contributed by atoms with E-state index < -0.39 is 0 Å². The number of nitrogens with zero attached hydrogens (tertiary/aromatic N) is 4. The van der Waals surface area contributed by atoms with Crippen molar-refractivity contribution in [3.63, 3.8) is 0 Å². The molecule has 1 fully saturated rings. The van der Waals surface area contributed by atoms with Gasteiger partial charge in [-0.15, -0.1) is 0 Å². The van der Waals surface area contributed by atoms with E-state index in [0.717, 1.165) is 42.7 Å². The minimum atomic E-state index is -0.320. The molecule has 10 heteroatoms. The number of benzene rings is 1. The molecule has 0 spiro atoms. The molecular formula is C22H28N6O4. The summed E-state index contributed by atoms with van der Waals surface area (Å²) >= 11 is 0. The summed E-state index contributed by atoms with van der Waals surface area (Å²) in [6.45, 7) is 4.17. The van der Waals surface area contributed by atoms with E-state index in [1.807, 2.05) is 31.2 Å². The van der Waals surface area contributed by atoms with E-state index in [0.29, 0.717) is 37.7 Å². The maximum Gasteiger partial charge on any atom is 0.351 e. The van der Waals surface area contributed by atoms with Gasteiger partial charge in [-0.3, -0.25) is 9.98 Å². The van der Waals surface area contributed by atoms with Crippen LogP contribution < -0.4 is 15.2 Å². The molecule has 10 nitrogen and oxygen atoms in total. The van der Waals surface area contributed by atoms with Crippen LogP contribution in [0.4, 0.5) is 0 Å². The van der Waals surface area contributed by atoms with Crippen LogP contribution in [0.2, 0.25) is 0 Å². The van der Waals surface area contributed by atoms with Crippen molar-refractivity contribution in [2.75, 3.05) is 26.4 Å². The summed E-state index contributed by atoms with van der Waals surface area (Å²) in [6, 6.07) is 7.48. The maximum atomic E-state index is 12.5. The number of hydrogen-bond donors (Lipinski definition) is 2. The zero-order valence-corrected chi connectivity index (χ0v) is 18.2. The van der Waals surface area contributed by atoms with Crippen LogP contribution in [0.5, 0.6) is 11.6 Å². The molecule has 1 aromatic heterocycles. The third-order valence-corrected chi connectivity index (χ3v) is 5.63. The van der Waals surface area contributed by atoms with Crippen LogP contribution in [0, 0.1) is 10.9 Å². The van der Waals surface area contributed by atoms with E-state index in [-0.39, 0.29) is 24.2 Å². The SMILES string of the molecule is CCCN(N=N)C(=N)COc1ccc2c(c1)CCn1c-2cc(OCC2CCCO2)nc1=O. The zero-order chi connectivity index (χ0) is 22.5. The highest BCUT2D eigenvalue weighted by Crippen LogP contribution is 2.32. The quantitative estimate of drug-likeness (QED) is 0.267.